The number of nitrogens with zero attached hydrogens (tertiary/aromatic N) is 4. The van der Waals surface area contributed by atoms with Crippen molar-refractivity contribution in [3.05, 3.63) is 48.0 Å². The lowest BCUT2D eigenvalue weighted by Gasteiger charge is -2.41. The van der Waals surface area contributed by atoms with E-state index in [9.17, 15) is 0 Å². The van der Waals surface area contributed by atoms with Gasteiger partial charge in [0.05, 0.1) is 11.6 Å². The molecule has 0 atom stereocenters. The highest BCUT2D eigenvalue weighted by Crippen LogP contribution is 2.26. The number of benzene rings is 1. The van der Waals surface area contributed by atoms with E-state index in [0.29, 0.717) is 11.8 Å². The molecule has 0 radical (unpaired) electrons. The fourth-order valence-electron chi connectivity index (χ4n) is 2.90. The summed E-state index contributed by atoms with van der Waals surface area (Å²) < 4.78 is 2.28. The Morgan fingerprint density at radius 2 is 2.00 bits per heavy atom. The van der Waals surface area contributed by atoms with Crippen molar-refractivity contribution in [3.63, 3.8) is 0 Å². The van der Waals surface area contributed by atoms with Gasteiger partial charge in [0.2, 0.25) is 0 Å². The number of rotatable bonds is 4. The van der Waals surface area contributed by atoms with Gasteiger partial charge in [-0.2, -0.15) is 5.26 Å². The molecule has 1 aliphatic rings. The van der Waals surface area contributed by atoms with E-state index in [2.05, 4.69) is 40.6 Å². The Kier molecular flexibility index (Phi) is 3.66. The molecule has 0 unspecified atom stereocenters. The molecule has 1 aliphatic heterocycles. The number of hydrogen-bond donors (Lipinski definition) is 0. The molecular formula is C17H20N4. The smallest absolute Gasteiger partial charge is 0.111 e. The van der Waals surface area contributed by atoms with Crippen molar-refractivity contribution >= 4 is 5.69 Å². The first-order valence-corrected chi connectivity index (χ1v) is 7.43. The van der Waals surface area contributed by atoms with Crippen LogP contribution in [0.25, 0.3) is 0 Å². The van der Waals surface area contributed by atoms with Gasteiger partial charge in [-0.05, 0) is 24.3 Å². The Labute approximate surface area is 125 Å². The molecule has 1 aromatic heterocycles. The van der Waals surface area contributed by atoms with E-state index in [0.717, 1.165) is 25.2 Å². The molecule has 1 aromatic carbocycles. The van der Waals surface area contributed by atoms with Crippen LogP contribution in [0, 0.1) is 17.2 Å². The Balaban J connectivity index is 1.58. The SMILES string of the molecule is CC(C)c1nccn1CC1CN(c2ccc(C#N)cc2)C1. The van der Waals surface area contributed by atoms with Crippen LogP contribution in [-0.2, 0) is 6.54 Å². The number of hydrogen-bond acceptors (Lipinski definition) is 3. The van der Waals surface area contributed by atoms with E-state index in [4.69, 9.17) is 5.26 Å². The maximum absolute atomic E-state index is 8.82. The van der Waals surface area contributed by atoms with Crippen molar-refractivity contribution in [2.75, 3.05) is 18.0 Å². The van der Waals surface area contributed by atoms with E-state index in [-0.39, 0.29) is 0 Å². The average molecular weight is 280 g/mol. The molecule has 0 aliphatic carbocycles. The van der Waals surface area contributed by atoms with Crippen LogP contribution in [0.3, 0.4) is 0 Å². The molecule has 2 heterocycles. The fraction of sp³-hybridized carbons (Fsp3) is 0.412. The van der Waals surface area contributed by atoms with Crippen LogP contribution in [0.5, 0.6) is 0 Å². The van der Waals surface area contributed by atoms with Crippen molar-refractivity contribution in [1.82, 2.24) is 9.55 Å². The van der Waals surface area contributed by atoms with E-state index >= 15 is 0 Å². The van der Waals surface area contributed by atoms with Crippen molar-refractivity contribution in [2.45, 2.75) is 26.3 Å². The van der Waals surface area contributed by atoms with Gasteiger partial charge in [-0.1, -0.05) is 13.8 Å². The van der Waals surface area contributed by atoms with Crippen LogP contribution in [-0.4, -0.2) is 22.6 Å². The molecule has 4 nitrogen and oxygen atoms in total. The van der Waals surface area contributed by atoms with E-state index in [1.54, 1.807) is 0 Å². The molecule has 0 N–H and O–H groups in total. The third kappa shape index (κ3) is 2.78. The van der Waals surface area contributed by atoms with Crippen molar-refractivity contribution in [2.24, 2.45) is 5.92 Å². The normalized spacial score (nSPS) is 15.0. The van der Waals surface area contributed by atoms with Gasteiger partial charge in [0.15, 0.2) is 0 Å². The molecule has 0 amide bonds. The zero-order chi connectivity index (χ0) is 14.8. The lowest BCUT2D eigenvalue weighted by atomic mass is 9.98. The van der Waals surface area contributed by atoms with E-state index in [1.807, 2.05) is 30.5 Å². The largest absolute Gasteiger partial charge is 0.371 e. The first kappa shape index (κ1) is 13.7. The van der Waals surface area contributed by atoms with Crippen LogP contribution in [0.2, 0.25) is 0 Å². The quantitative estimate of drug-likeness (QED) is 0.864. The van der Waals surface area contributed by atoms with Crippen molar-refractivity contribution in [3.8, 4) is 6.07 Å². The number of aromatic nitrogens is 2. The molecule has 0 saturated carbocycles. The summed E-state index contributed by atoms with van der Waals surface area (Å²) in [5.41, 5.74) is 1.93. The molecule has 0 bridgehead atoms. The molecule has 4 heteroatoms. The molecule has 3 rings (SSSR count). The van der Waals surface area contributed by atoms with Crippen molar-refractivity contribution < 1.29 is 0 Å². The van der Waals surface area contributed by atoms with Gasteiger partial charge in [0.1, 0.15) is 5.82 Å². The van der Waals surface area contributed by atoms with Gasteiger partial charge >= 0.3 is 0 Å². The number of nitriles is 1. The minimum Gasteiger partial charge on any atom is -0.371 e. The van der Waals surface area contributed by atoms with Gasteiger partial charge in [0, 0.05) is 49.6 Å². The summed E-state index contributed by atoms with van der Waals surface area (Å²) >= 11 is 0. The van der Waals surface area contributed by atoms with Gasteiger partial charge in [-0.3, -0.25) is 0 Å². The van der Waals surface area contributed by atoms with Crippen LogP contribution in [0.15, 0.2) is 36.7 Å². The zero-order valence-electron chi connectivity index (χ0n) is 12.5. The number of imidazole rings is 1. The Hall–Kier alpha value is -2.28. The van der Waals surface area contributed by atoms with Gasteiger partial charge in [-0.15, -0.1) is 0 Å². The topological polar surface area (TPSA) is 44.9 Å². The molecule has 108 valence electrons. The Morgan fingerprint density at radius 1 is 1.29 bits per heavy atom. The average Bonchev–Trinajstić information content (AvgIpc) is 2.91. The zero-order valence-corrected chi connectivity index (χ0v) is 12.5. The lowest BCUT2D eigenvalue weighted by Crippen LogP contribution is -2.48. The molecule has 1 fully saturated rings. The molecule has 0 spiro atoms. The predicted molar refractivity (Wildman–Crippen MR) is 83.2 cm³/mol. The van der Waals surface area contributed by atoms with Gasteiger partial charge in [0.25, 0.3) is 0 Å². The minimum atomic E-state index is 0.467. The third-order valence-electron chi connectivity index (χ3n) is 4.04. The summed E-state index contributed by atoms with van der Waals surface area (Å²) in [6.07, 6.45) is 3.98. The van der Waals surface area contributed by atoms with Gasteiger partial charge < -0.3 is 9.47 Å². The summed E-state index contributed by atoms with van der Waals surface area (Å²) in [6, 6.07) is 9.99. The maximum Gasteiger partial charge on any atom is 0.111 e. The van der Waals surface area contributed by atoms with E-state index in [1.165, 1.54) is 11.5 Å². The second-order valence-corrected chi connectivity index (χ2v) is 6.02. The second-order valence-electron chi connectivity index (χ2n) is 6.02. The number of anilines is 1. The summed E-state index contributed by atoms with van der Waals surface area (Å²) in [4.78, 5) is 6.80. The molecule has 1 saturated heterocycles. The van der Waals surface area contributed by atoms with Crippen molar-refractivity contribution in [1.29, 1.82) is 5.26 Å². The highest BCUT2D eigenvalue weighted by Gasteiger charge is 2.27. The highest BCUT2D eigenvalue weighted by molar-refractivity contribution is 5.51. The van der Waals surface area contributed by atoms with Crippen LogP contribution < -0.4 is 4.90 Å². The second kappa shape index (κ2) is 5.61. The van der Waals surface area contributed by atoms with Gasteiger partial charge in [-0.25, -0.2) is 4.98 Å². The Morgan fingerprint density at radius 3 is 2.62 bits per heavy atom. The predicted octanol–water partition coefficient (Wildman–Crippen LogP) is 3.01. The summed E-state index contributed by atoms with van der Waals surface area (Å²) in [7, 11) is 0. The maximum atomic E-state index is 8.82. The molecule has 2 aromatic rings. The first-order chi connectivity index (χ1) is 10.2. The molecule has 21 heavy (non-hydrogen) atoms. The van der Waals surface area contributed by atoms with Crippen LogP contribution in [0.4, 0.5) is 5.69 Å². The summed E-state index contributed by atoms with van der Waals surface area (Å²) in [5, 5.41) is 8.82. The lowest BCUT2D eigenvalue weighted by molar-refractivity contribution is 0.351. The highest BCUT2D eigenvalue weighted by atomic mass is 15.2. The van der Waals surface area contributed by atoms with Crippen LogP contribution in [0.1, 0.15) is 31.2 Å². The third-order valence-corrected chi connectivity index (χ3v) is 4.04. The summed E-state index contributed by atoms with van der Waals surface area (Å²) in [6.45, 7) is 7.55. The Bertz CT molecular complexity index is 642. The molecular weight excluding hydrogens is 260 g/mol. The van der Waals surface area contributed by atoms with E-state index < -0.39 is 0 Å². The minimum absolute atomic E-state index is 0.467. The standard InChI is InChI=1S/C17H20N4/c1-13(2)17-19-7-8-20(17)10-15-11-21(12-15)16-5-3-14(9-18)4-6-16/h3-8,13,15H,10-12H2,1-2H3. The first-order valence-electron chi connectivity index (χ1n) is 7.43. The summed E-state index contributed by atoms with van der Waals surface area (Å²) in [5.74, 6) is 2.31. The monoisotopic (exact) mass is 280 g/mol. The van der Waals surface area contributed by atoms with Crippen LogP contribution >= 0.6 is 0 Å². The fourth-order valence-corrected chi connectivity index (χ4v) is 2.90.